The Labute approximate surface area is 123 Å². The van der Waals surface area contributed by atoms with Crippen LogP contribution in [0.2, 0.25) is 0 Å². The minimum atomic E-state index is -0.160. The molecule has 1 amide bonds. The summed E-state index contributed by atoms with van der Waals surface area (Å²) in [6.07, 6.45) is 1.38. The Bertz CT molecular complexity index is 642. The number of aromatic nitrogens is 3. The van der Waals surface area contributed by atoms with E-state index in [1.807, 2.05) is 36.4 Å². The van der Waals surface area contributed by atoms with Crippen molar-refractivity contribution in [2.45, 2.75) is 26.4 Å². The molecule has 0 saturated carbocycles. The van der Waals surface area contributed by atoms with Crippen molar-refractivity contribution in [1.29, 1.82) is 5.26 Å². The molecule has 6 heteroatoms. The predicted octanol–water partition coefficient (Wildman–Crippen LogP) is 1.66. The van der Waals surface area contributed by atoms with Crippen LogP contribution in [0.3, 0.4) is 0 Å². The van der Waals surface area contributed by atoms with Crippen molar-refractivity contribution < 1.29 is 4.79 Å². The zero-order chi connectivity index (χ0) is 15.2. The van der Waals surface area contributed by atoms with Gasteiger partial charge in [0.15, 0.2) is 0 Å². The third kappa shape index (κ3) is 3.89. The van der Waals surface area contributed by atoms with Gasteiger partial charge >= 0.3 is 0 Å². The molecule has 0 bridgehead atoms. The van der Waals surface area contributed by atoms with Crippen molar-refractivity contribution in [3.8, 4) is 6.07 Å². The van der Waals surface area contributed by atoms with Crippen LogP contribution in [0.1, 0.15) is 31.3 Å². The van der Waals surface area contributed by atoms with Crippen LogP contribution in [0.15, 0.2) is 36.7 Å². The zero-order valence-corrected chi connectivity index (χ0v) is 12.0. The Morgan fingerprint density at radius 1 is 1.38 bits per heavy atom. The molecule has 1 N–H and O–H groups in total. The number of rotatable bonds is 5. The van der Waals surface area contributed by atoms with Crippen LogP contribution in [0.4, 0.5) is 0 Å². The van der Waals surface area contributed by atoms with Crippen LogP contribution < -0.4 is 5.32 Å². The molecule has 0 aliphatic rings. The predicted molar refractivity (Wildman–Crippen MR) is 76.9 cm³/mol. The van der Waals surface area contributed by atoms with Gasteiger partial charge in [0, 0.05) is 0 Å². The lowest BCUT2D eigenvalue weighted by molar-refractivity contribution is -0.122. The number of hydrogen-bond donors (Lipinski definition) is 1. The number of nitrogens with zero attached hydrogens (tertiary/aromatic N) is 4. The smallest absolute Gasteiger partial charge is 0.252 e. The largest absolute Gasteiger partial charge is 0.347 e. The number of carbonyl (C=O) groups is 1. The molecule has 0 saturated heterocycles. The first kappa shape index (κ1) is 14.7. The van der Waals surface area contributed by atoms with Crippen molar-refractivity contribution in [1.82, 2.24) is 20.1 Å². The number of nitrogens with one attached hydrogen (secondary N) is 1. The second-order valence-corrected chi connectivity index (χ2v) is 5.08. The SMILES string of the molecule is CC(C)C(NC(=O)Cn1cnc(C#N)n1)c1ccccc1. The first-order chi connectivity index (χ1) is 10.1. The van der Waals surface area contributed by atoms with Crippen LogP contribution in [-0.4, -0.2) is 20.7 Å². The average molecular weight is 283 g/mol. The normalized spacial score (nSPS) is 11.9. The molecular formula is C15H17N5O. The van der Waals surface area contributed by atoms with E-state index in [0.717, 1.165) is 5.56 Å². The molecule has 2 aromatic rings. The highest BCUT2D eigenvalue weighted by Gasteiger charge is 2.18. The quantitative estimate of drug-likeness (QED) is 0.904. The van der Waals surface area contributed by atoms with Gasteiger partial charge in [-0.2, -0.15) is 5.26 Å². The molecule has 0 spiro atoms. The molecule has 0 radical (unpaired) electrons. The van der Waals surface area contributed by atoms with Gasteiger partial charge in [-0.05, 0) is 11.5 Å². The highest BCUT2D eigenvalue weighted by atomic mass is 16.2. The van der Waals surface area contributed by atoms with Crippen LogP contribution >= 0.6 is 0 Å². The fraction of sp³-hybridized carbons (Fsp3) is 0.333. The molecule has 108 valence electrons. The fourth-order valence-electron chi connectivity index (χ4n) is 2.08. The summed E-state index contributed by atoms with van der Waals surface area (Å²) >= 11 is 0. The Hall–Kier alpha value is -2.68. The third-order valence-electron chi connectivity index (χ3n) is 3.08. The van der Waals surface area contributed by atoms with E-state index in [4.69, 9.17) is 5.26 Å². The van der Waals surface area contributed by atoms with E-state index in [1.165, 1.54) is 11.0 Å². The van der Waals surface area contributed by atoms with Crippen molar-refractivity contribution in [3.63, 3.8) is 0 Å². The molecule has 2 rings (SSSR count). The van der Waals surface area contributed by atoms with Gasteiger partial charge in [-0.25, -0.2) is 9.67 Å². The Morgan fingerprint density at radius 2 is 2.10 bits per heavy atom. The van der Waals surface area contributed by atoms with Crippen LogP contribution in [0, 0.1) is 17.2 Å². The van der Waals surface area contributed by atoms with Gasteiger partial charge in [0.05, 0.1) is 6.04 Å². The number of amides is 1. The van der Waals surface area contributed by atoms with E-state index < -0.39 is 0 Å². The van der Waals surface area contributed by atoms with Gasteiger partial charge in [-0.1, -0.05) is 44.2 Å². The lowest BCUT2D eigenvalue weighted by Crippen LogP contribution is -2.34. The monoisotopic (exact) mass is 283 g/mol. The van der Waals surface area contributed by atoms with E-state index >= 15 is 0 Å². The summed E-state index contributed by atoms with van der Waals surface area (Å²) in [5, 5.41) is 15.5. The molecule has 0 aliphatic carbocycles. The van der Waals surface area contributed by atoms with Crippen LogP contribution in [0.5, 0.6) is 0 Å². The summed E-state index contributed by atoms with van der Waals surface area (Å²) in [6, 6.07) is 11.6. The maximum atomic E-state index is 12.1. The third-order valence-corrected chi connectivity index (χ3v) is 3.08. The lowest BCUT2D eigenvalue weighted by atomic mass is 9.96. The van der Waals surface area contributed by atoms with E-state index in [0.29, 0.717) is 0 Å². The Morgan fingerprint density at radius 3 is 2.67 bits per heavy atom. The van der Waals surface area contributed by atoms with Crippen LogP contribution in [0.25, 0.3) is 0 Å². The maximum absolute atomic E-state index is 12.1. The highest BCUT2D eigenvalue weighted by Crippen LogP contribution is 2.21. The summed E-state index contributed by atoms with van der Waals surface area (Å²) < 4.78 is 1.36. The molecule has 1 atom stereocenters. The van der Waals surface area contributed by atoms with E-state index in [1.54, 1.807) is 0 Å². The molecular weight excluding hydrogens is 266 g/mol. The highest BCUT2D eigenvalue weighted by molar-refractivity contribution is 5.76. The summed E-state index contributed by atoms with van der Waals surface area (Å²) in [6.45, 7) is 4.16. The molecule has 0 fully saturated rings. The molecule has 1 aromatic carbocycles. The van der Waals surface area contributed by atoms with E-state index in [2.05, 4.69) is 29.2 Å². The fourth-order valence-corrected chi connectivity index (χ4v) is 2.08. The standard InChI is InChI=1S/C15H17N5O/c1-11(2)15(12-6-4-3-5-7-12)18-14(21)9-20-10-17-13(8-16)19-20/h3-7,10-11,15H,9H2,1-2H3,(H,18,21). The first-order valence-corrected chi connectivity index (χ1v) is 6.74. The topological polar surface area (TPSA) is 83.6 Å². The lowest BCUT2D eigenvalue weighted by Gasteiger charge is -2.22. The van der Waals surface area contributed by atoms with Crippen molar-refractivity contribution in [2.24, 2.45) is 5.92 Å². The summed E-state index contributed by atoms with van der Waals surface area (Å²) in [7, 11) is 0. The number of hydrogen-bond acceptors (Lipinski definition) is 4. The summed E-state index contributed by atoms with van der Waals surface area (Å²) in [5.41, 5.74) is 1.07. The Balaban J connectivity index is 2.04. The molecule has 1 unspecified atom stereocenters. The molecule has 1 heterocycles. The molecule has 1 aromatic heterocycles. The maximum Gasteiger partial charge on any atom is 0.252 e. The van der Waals surface area contributed by atoms with Crippen molar-refractivity contribution >= 4 is 5.91 Å². The van der Waals surface area contributed by atoms with Gasteiger partial charge in [0.25, 0.3) is 5.82 Å². The zero-order valence-electron chi connectivity index (χ0n) is 12.0. The average Bonchev–Trinajstić information content (AvgIpc) is 2.93. The van der Waals surface area contributed by atoms with Gasteiger partial charge in [-0.15, -0.1) is 5.10 Å². The number of benzene rings is 1. The minimum absolute atomic E-state index is 0.0464. The number of nitriles is 1. The van der Waals surface area contributed by atoms with Crippen LogP contribution in [-0.2, 0) is 11.3 Å². The van der Waals surface area contributed by atoms with Crippen molar-refractivity contribution in [3.05, 3.63) is 48.0 Å². The number of carbonyl (C=O) groups excluding carboxylic acids is 1. The molecule has 0 aliphatic heterocycles. The van der Waals surface area contributed by atoms with Crippen molar-refractivity contribution in [2.75, 3.05) is 0 Å². The van der Waals surface area contributed by atoms with Gasteiger partial charge in [0.1, 0.15) is 18.9 Å². The molecule has 21 heavy (non-hydrogen) atoms. The second kappa shape index (κ2) is 6.66. The van der Waals surface area contributed by atoms with Gasteiger partial charge in [0.2, 0.25) is 5.91 Å². The summed E-state index contributed by atoms with van der Waals surface area (Å²) in [4.78, 5) is 15.9. The Kier molecular flexibility index (Phi) is 4.67. The minimum Gasteiger partial charge on any atom is -0.347 e. The first-order valence-electron chi connectivity index (χ1n) is 6.74. The summed E-state index contributed by atoms with van der Waals surface area (Å²) in [5.74, 6) is 0.167. The van der Waals surface area contributed by atoms with E-state index in [-0.39, 0.29) is 30.2 Å². The molecule has 6 nitrogen and oxygen atoms in total. The van der Waals surface area contributed by atoms with Gasteiger partial charge < -0.3 is 5.32 Å². The van der Waals surface area contributed by atoms with E-state index in [9.17, 15) is 4.79 Å². The van der Waals surface area contributed by atoms with Gasteiger partial charge in [-0.3, -0.25) is 4.79 Å². The second-order valence-electron chi connectivity index (χ2n) is 5.08.